The van der Waals surface area contributed by atoms with Crippen LogP contribution in [0.4, 0.5) is 0 Å². The van der Waals surface area contributed by atoms with Crippen LogP contribution in [-0.2, 0) is 6.54 Å². The van der Waals surface area contributed by atoms with E-state index in [1.807, 2.05) is 19.1 Å². The van der Waals surface area contributed by atoms with E-state index in [0.29, 0.717) is 19.0 Å². The van der Waals surface area contributed by atoms with E-state index >= 15 is 0 Å². The van der Waals surface area contributed by atoms with Gasteiger partial charge in [-0.1, -0.05) is 12.2 Å². The molecule has 0 bridgehead atoms. The summed E-state index contributed by atoms with van der Waals surface area (Å²) in [5.74, 6) is 0.566. The van der Waals surface area contributed by atoms with Gasteiger partial charge in [0.2, 0.25) is 5.88 Å². The van der Waals surface area contributed by atoms with Crippen LogP contribution in [0.25, 0.3) is 0 Å². The molecule has 1 rings (SSSR count). The van der Waals surface area contributed by atoms with Gasteiger partial charge in [-0.05, 0) is 27.7 Å². The second kappa shape index (κ2) is 6.35. The molecule has 0 spiro atoms. The maximum Gasteiger partial charge on any atom is 0.232 e. The van der Waals surface area contributed by atoms with Crippen LogP contribution >= 0.6 is 0 Å². The molecule has 0 saturated heterocycles. The Bertz CT molecular complexity index is 369. The Hall–Kier alpha value is -1.42. The zero-order valence-electron chi connectivity index (χ0n) is 11.0. The molecule has 1 aromatic rings. The molecule has 0 atom stereocenters. The highest BCUT2D eigenvalue weighted by molar-refractivity contribution is 5.09. The number of hydrogen-bond donors (Lipinski definition) is 1. The summed E-state index contributed by atoms with van der Waals surface area (Å²) in [4.78, 5) is 8.48. The number of nitrogens with zero attached hydrogens (tertiary/aromatic N) is 2. The van der Waals surface area contributed by atoms with E-state index in [-0.39, 0.29) is 5.54 Å². The van der Waals surface area contributed by atoms with Crippen molar-refractivity contribution in [3.63, 3.8) is 0 Å². The van der Waals surface area contributed by atoms with Gasteiger partial charge in [0.1, 0.15) is 6.61 Å². The Morgan fingerprint density at radius 1 is 1.35 bits per heavy atom. The highest BCUT2D eigenvalue weighted by atomic mass is 16.5. The van der Waals surface area contributed by atoms with Gasteiger partial charge in [-0.3, -0.25) is 4.98 Å². The maximum absolute atomic E-state index is 5.43. The molecule has 0 aliphatic heterocycles. The van der Waals surface area contributed by atoms with Crippen LogP contribution in [0.1, 0.15) is 33.4 Å². The van der Waals surface area contributed by atoms with Gasteiger partial charge in [0.25, 0.3) is 0 Å². The average molecular weight is 235 g/mol. The van der Waals surface area contributed by atoms with Gasteiger partial charge in [0.05, 0.1) is 11.9 Å². The first-order valence-corrected chi connectivity index (χ1v) is 5.81. The summed E-state index contributed by atoms with van der Waals surface area (Å²) in [6, 6.07) is 0. The molecule has 0 fully saturated rings. The fraction of sp³-hybridized carbons (Fsp3) is 0.538. The third kappa shape index (κ3) is 6.02. The summed E-state index contributed by atoms with van der Waals surface area (Å²) >= 11 is 0. The first-order chi connectivity index (χ1) is 8.01. The second-order valence-electron chi connectivity index (χ2n) is 4.83. The summed E-state index contributed by atoms with van der Waals surface area (Å²) in [6.45, 7) is 9.53. The molecule has 17 heavy (non-hydrogen) atoms. The van der Waals surface area contributed by atoms with Crippen molar-refractivity contribution in [1.82, 2.24) is 15.3 Å². The summed E-state index contributed by atoms with van der Waals surface area (Å²) in [7, 11) is 0. The van der Waals surface area contributed by atoms with Crippen molar-refractivity contribution in [2.24, 2.45) is 0 Å². The lowest BCUT2D eigenvalue weighted by atomic mass is 10.1. The first-order valence-electron chi connectivity index (χ1n) is 5.81. The number of allylic oxidation sites excluding steroid dienone is 1. The van der Waals surface area contributed by atoms with E-state index in [1.165, 1.54) is 0 Å². The topological polar surface area (TPSA) is 47.0 Å². The molecular formula is C13H21N3O. The number of hydrogen-bond acceptors (Lipinski definition) is 4. The maximum atomic E-state index is 5.43. The molecule has 0 radical (unpaired) electrons. The minimum absolute atomic E-state index is 0.0729. The smallest absolute Gasteiger partial charge is 0.232 e. The fourth-order valence-corrected chi connectivity index (χ4v) is 1.13. The zero-order valence-corrected chi connectivity index (χ0v) is 11.0. The van der Waals surface area contributed by atoms with Crippen LogP contribution in [0.5, 0.6) is 5.88 Å². The second-order valence-corrected chi connectivity index (χ2v) is 4.83. The van der Waals surface area contributed by atoms with Crippen molar-refractivity contribution in [1.29, 1.82) is 0 Å². The number of ether oxygens (including phenoxy) is 1. The molecule has 1 aromatic heterocycles. The van der Waals surface area contributed by atoms with E-state index in [9.17, 15) is 0 Å². The monoisotopic (exact) mass is 235 g/mol. The predicted molar refractivity (Wildman–Crippen MR) is 68.9 cm³/mol. The van der Waals surface area contributed by atoms with Crippen LogP contribution < -0.4 is 10.1 Å². The first kappa shape index (κ1) is 13.6. The molecule has 4 nitrogen and oxygen atoms in total. The van der Waals surface area contributed by atoms with E-state index in [0.717, 1.165) is 5.69 Å². The van der Waals surface area contributed by atoms with Crippen LogP contribution in [0.15, 0.2) is 24.5 Å². The van der Waals surface area contributed by atoms with Gasteiger partial charge in [0, 0.05) is 18.3 Å². The van der Waals surface area contributed by atoms with Crippen molar-refractivity contribution < 1.29 is 4.74 Å². The molecule has 4 heteroatoms. The van der Waals surface area contributed by atoms with E-state index in [4.69, 9.17) is 4.74 Å². The highest BCUT2D eigenvalue weighted by Crippen LogP contribution is 2.07. The molecule has 0 amide bonds. The normalized spacial score (nSPS) is 12.0. The van der Waals surface area contributed by atoms with Gasteiger partial charge < -0.3 is 10.1 Å². The lowest BCUT2D eigenvalue weighted by Crippen LogP contribution is -2.35. The third-order valence-corrected chi connectivity index (χ3v) is 2.03. The molecule has 1 heterocycles. The average Bonchev–Trinajstić information content (AvgIpc) is 2.27. The third-order valence-electron chi connectivity index (χ3n) is 2.03. The van der Waals surface area contributed by atoms with Crippen molar-refractivity contribution >= 4 is 0 Å². The Balaban J connectivity index is 2.53. The van der Waals surface area contributed by atoms with Crippen LogP contribution in [0, 0.1) is 0 Å². The summed E-state index contributed by atoms with van der Waals surface area (Å²) in [6.07, 6.45) is 7.26. The lowest BCUT2D eigenvalue weighted by molar-refractivity contribution is 0.343. The molecular weight excluding hydrogens is 214 g/mol. The van der Waals surface area contributed by atoms with E-state index in [2.05, 4.69) is 36.1 Å². The van der Waals surface area contributed by atoms with Crippen molar-refractivity contribution in [3.8, 4) is 5.88 Å². The van der Waals surface area contributed by atoms with E-state index < -0.39 is 0 Å². The summed E-state index contributed by atoms with van der Waals surface area (Å²) < 4.78 is 5.43. The predicted octanol–water partition coefficient (Wildman–Crippen LogP) is 2.32. The van der Waals surface area contributed by atoms with Gasteiger partial charge in [-0.2, -0.15) is 0 Å². The standard InChI is InChI=1S/C13H21N3O/c1-5-6-7-17-12-10-14-8-11(16-12)9-15-13(2,3)4/h5-6,8,10,15H,7,9H2,1-4H3. The van der Waals surface area contributed by atoms with Crippen LogP contribution in [0.3, 0.4) is 0 Å². The number of rotatable bonds is 5. The largest absolute Gasteiger partial charge is 0.472 e. The highest BCUT2D eigenvalue weighted by Gasteiger charge is 2.09. The minimum atomic E-state index is 0.0729. The van der Waals surface area contributed by atoms with Crippen LogP contribution in [0.2, 0.25) is 0 Å². The molecule has 0 saturated carbocycles. The van der Waals surface area contributed by atoms with Gasteiger partial charge in [-0.15, -0.1) is 0 Å². The molecule has 0 aliphatic rings. The minimum Gasteiger partial charge on any atom is -0.472 e. The van der Waals surface area contributed by atoms with Gasteiger partial charge in [-0.25, -0.2) is 4.98 Å². The number of nitrogens with one attached hydrogen (secondary N) is 1. The molecule has 0 aliphatic carbocycles. The number of aromatic nitrogens is 2. The summed E-state index contributed by atoms with van der Waals surface area (Å²) in [5, 5.41) is 3.36. The Labute approximate surface area is 103 Å². The lowest BCUT2D eigenvalue weighted by Gasteiger charge is -2.20. The molecule has 0 aromatic carbocycles. The van der Waals surface area contributed by atoms with Crippen molar-refractivity contribution in [2.45, 2.75) is 39.8 Å². The van der Waals surface area contributed by atoms with Crippen molar-refractivity contribution in [3.05, 3.63) is 30.2 Å². The zero-order chi connectivity index (χ0) is 12.7. The molecule has 1 N–H and O–H groups in total. The van der Waals surface area contributed by atoms with E-state index in [1.54, 1.807) is 12.4 Å². The Morgan fingerprint density at radius 3 is 2.76 bits per heavy atom. The van der Waals surface area contributed by atoms with Gasteiger partial charge >= 0.3 is 0 Å². The Morgan fingerprint density at radius 2 is 2.12 bits per heavy atom. The van der Waals surface area contributed by atoms with Gasteiger partial charge in [0.15, 0.2) is 0 Å². The fourth-order valence-electron chi connectivity index (χ4n) is 1.13. The quantitative estimate of drug-likeness (QED) is 0.796. The van der Waals surface area contributed by atoms with Crippen molar-refractivity contribution in [2.75, 3.05) is 6.61 Å². The van der Waals surface area contributed by atoms with Crippen LogP contribution in [-0.4, -0.2) is 22.1 Å². The molecule has 94 valence electrons. The SMILES string of the molecule is CC=CCOc1cncc(CNC(C)(C)C)n1. The molecule has 0 unspecified atom stereocenters. The summed E-state index contributed by atoms with van der Waals surface area (Å²) in [5.41, 5.74) is 0.960. The Kier molecular flexibility index (Phi) is 5.10.